The van der Waals surface area contributed by atoms with E-state index in [0.717, 1.165) is 10.6 Å². The zero-order chi connectivity index (χ0) is 13.3. The molecular formula is C11H12N4O2S. The van der Waals surface area contributed by atoms with Crippen LogP contribution in [0, 0.1) is 13.8 Å². The Morgan fingerprint density at radius 2 is 2.22 bits per heavy atom. The molecule has 6 nitrogen and oxygen atoms in total. The number of carboxylic acid groups (broad SMARTS) is 1. The average molecular weight is 264 g/mol. The van der Waals surface area contributed by atoms with E-state index in [1.807, 2.05) is 13.8 Å². The van der Waals surface area contributed by atoms with Gasteiger partial charge in [-0.2, -0.15) is 0 Å². The third-order valence-electron chi connectivity index (χ3n) is 2.47. The lowest BCUT2D eigenvalue weighted by Crippen LogP contribution is -2.06. The van der Waals surface area contributed by atoms with Crippen molar-refractivity contribution < 1.29 is 9.90 Å². The molecule has 2 aromatic heterocycles. The minimum absolute atomic E-state index is 0.0255. The molecule has 0 radical (unpaired) electrons. The summed E-state index contributed by atoms with van der Waals surface area (Å²) in [5.74, 6) is -0.770. The number of carboxylic acids is 1. The minimum Gasteiger partial charge on any atom is -0.478 e. The lowest BCUT2D eigenvalue weighted by Gasteiger charge is -2.07. The SMILES string of the molecule is Cc1nc(Nc2nccc(C(=O)O)c2N)sc1C. The molecule has 0 bridgehead atoms. The van der Waals surface area contributed by atoms with Crippen LogP contribution in [0.1, 0.15) is 20.9 Å². The predicted molar refractivity (Wildman–Crippen MR) is 70.5 cm³/mol. The van der Waals surface area contributed by atoms with E-state index in [4.69, 9.17) is 10.8 Å². The Balaban J connectivity index is 2.35. The largest absolute Gasteiger partial charge is 0.478 e. The van der Waals surface area contributed by atoms with Crippen LogP contribution in [0.3, 0.4) is 0 Å². The number of aromatic carboxylic acids is 1. The Labute approximate surface area is 108 Å². The summed E-state index contributed by atoms with van der Waals surface area (Å²) in [6.45, 7) is 3.87. The van der Waals surface area contributed by atoms with E-state index in [1.54, 1.807) is 0 Å². The number of rotatable bonds is 3. The highest BCUT2D eigenvalue weighted by Crippen LogP contribution is 2.27. The van der Waals surface area contributed by atoms with Crippen molar-refractivity contribution in [2.75, 3.05) is 11.1 Å². The highest BCUT2D eigenvalue weighted by Gasteiger charge is 2.13. The first-order chi connectivity index (χ1) is 8.49. The summed E-state index contributed by atoms with van der Waals surface area (Å²) in [5, 5.41) is 12.5. The van der Waals surface area contributed by atoms with Gasteiger partial charge in [0, 0.05) is 11.1 Å². The van der Waals surface area contributed by atoms with E-state index < -0.39 is 5.97 Å². The summed E-state index contributed by atoms with van der Waals surface area (Å²) in [5.41, 5.74) is 6.81. The molecule has 0 fully saturated rings. The molecule has 2 heterocycles. The van der Waals surface area contributed by atoms with Gasteiger partial charge in [-0.25, -0.2) is 14.8 Å². The van der Waals surface area contributed by atoms with Crippen LogP contribution >= 0.6 is 11.3 Å². The first kappa shape index (κ1) is 12.3. The molecule has 2 rings (SSSR count). The van der Waals surface area contributed by atoms with Crippen molar-refractivity contribution in [1.29, 1.82) is 0 Å². The van der Waals surface area contributed by atoms with E-state index in [2.05, 4.69) is 15.3 Å². The maximum absolute atomic E-state index is 10.9. The van der Waals surface area contributed by atoms with Crippen molar-refractivity contribution >= 4 is 33.9 Å². The molecule has 0 atom stereocenters. The highest BCUT2D eigenvalue weighted by molar-refractivity contribution is 7.15. The first-order valence-corrected chi connectivity index (χ1v) is 5.99. The standard InChI is InChI=1S/C11H12N4O2S/c1-5-6(2)18-11(14-5)15-9-8(12)7(10(16)17)3-4-13-9/h3-4H,12H2,1-2H3,(H,16,17)(H,13,14,15). The van der Waals surface area contributed by atoms with Gasteiger partial charge in [0.05, 0.1) is 16.9 Å². The van der Waals surface area contributed by atoms with Crippen molar-refractivity contribution in [1.82, 2.24) is 9.97 Å². The van der Waals surface area contributed by atoms with Crippen LogP contribution in [0.4, 0.5) is 16.6 Å². The maximum atomic E-state index is 10.9. The van der Waals surface area contributed by atoms with Crippen LogP contribution in [-0.2, 0) is 0 Å². The minimum atomic E-state index is -1.08. The molecule has 0 amide bonds. The molecule has 0 unspecified atom stereocenters. The number of carbonyl (C=O) groups is 1. The number of aryl methyl sites for hydroxylation is 2. The van der Waals surface area contributed by atoms with Crippen molar-refractivity contribution in [3.8, 4) is 0 Å². The number of aromatic nitrogens is 2. The van der Waals surface area contributed by atoms with Gasteiger partial charge in [-0.1, -0.05) is 0 Å². The Morgan fingerprint density at radius 3 is 2.78 bits per heavy atom. The molecule has 0 saturated heterocycles. The fourth-order valence-electron chi connectivity index (χ4n) is 1.39. The van der Waals surface area contributed by atoms with Gasteiger partial charge >= 0.3 is 5.97 Å². The number of nitrogen functional groups attached to an aromatic ring is 1. The molecule has 4 N–H and O–H groups in total. The summed E-state index contributed by atoms with van der Waals surface area (Å²) < 4.78 is 0. The van der Waals surface area contributed by atoms with Gasteiger partial charge in [-0.05, 0) is 19.9 Å². The predicted octanol–water partition coefficient (Wildman–Crippen LogP) is 2.18. The van der Waals surface area contributed by atoms with E-state index in [0.29, 0.717) is 10.9 Å². The smallest absolute Gasteiger partial charge is 0.337 e. The van der Waals surface area contributed by atoms with Crippen molar-refractivity contribution in [2.24, 2.45) is 0 Å². The molecule has 7 heteroatoms. The topological polar surface area (TPSA) is 101 Å². The molecule has 0 aliphatic heterocycles. The lowest BCUT2D eigenvalue weighted by molar-refractivity contribution is 0.0698. The van der Waals surface area contributed by atoms with Gasteiger partial charge in [-0.15, -0.1) is 11.3 Å². The second-order valence-electron chi connectivity index (χ2n) is 3.71. The second kappa shape index (κ2) is 4.61. The number of hydrogen-bond donors (Lipinski definition) is 3. The summed E-state index contributed by atoms with van der Waals surface area (Å²) in [4.78, 5) is 20.3. The van der Waals surface area contributed by atoms with Crippen LogP contribution in [0.5, 0.6) is 0 Å². The van der Waals surface area contributed by atoms with E-state index in [1.165, 1.54) is 23.6 Å². The molecule has 0 aliphatic rings. The monoisotopic (exact) mass is 264 g/mol. The van der Waals surface area contributed by atoms with Gasteiger partial charge < -0.3 is 16.2 Å². The summed E-state index contributed by atoms with van der Waals surface area (Å²) >= 11 is 1.47. The molecule has 0 saturated carbocycles. The van der Waals surface area contributed by atoms with Gasteiger partial charge in [0.2, 0.25) is 0 Å². The molecule has 0 spiro atoms. The fourth-order valence-corrected chi connectivity index (χ4v) is 2.20. The average Bonchev–Trinajstić information content (AvgIpc) is 2.60. The Bertz CT molecular complexity index is 590. The second-order valence-corrected chi connectivity index (χ2v) is 4.91. The van der Waals surface area contributed by atoms with Crippen molar-refractivity contribution in [2.45, 2.75) is 13.8 Å². The van der Waals surface area contributed by atoms with Gasteiger partial charge in [0.25, 0.3) is 0 Å². The molecule has 0 aliphatic carbocycles. The van der Waals surface area contributed by atoms with E-state index in [-0.39, 0.29) is 11.3 Å². The maximum Gasteiger partial charge on any atom is 0.337 e. The molecule has 18 heavy (non-hydrogen) atoms. The highest BCUT2D eigenvalue weighted by atomic mass is 32.1. The molecule has 2 aromatic rings. The Kier molecular flexibility index (Phi) is 3.15. The van der Waals surface area contributed by atoms with Crippen LogP contribution in [0.25, 0.3) is 0 Å². The zero-order valence-corrected chi connectivity index (χ0v) is 10.7. The molecule has 0 aromatic carbocycles. The zero-order valence-electron chi connectivity index (χ0n) is 9.89. The van der Waals surface area contributed by atoms with Gasteiger partial charge in [0.15, 0.2) is 10.9 Å². The number of anilines is 3. The van der Waals surface area contributed by atoms with E-state index >= 15 is 0 Å². The number of nitrogens with two attached hydrogens (primary N) is 1. The van der Waals surface area contributed by atoms with Crippen LogP contribution < -0.4 is 11.1 Å². The summed E-state index contributed by atoms with van der Waals surface area (Å²) in [6, 6.07) is 1.36. The molecule has 94 valence electrons. The first-order valence-electron chi connectivity index (χ1n) is 5.18. The Hall–Kier alpha value is -2.15. The van der Waals surface area contributed by atoms with Crippen molar-refractivity contribution in [3.05, 3.63) is 28.4 Å². The van der Waals surface area contributed by atoms with Crippen LogP contribution in [-0.4, -0.2) is 21.0 Å². The summed E-state index contributed by atoms with van der Waals surface area (Å²) in [7, 11) is 0. The van der Waals surface area contributed by atoms with Crippen LogP contribution in [0.15, 0.2) is 12.3 Å². The quantitative estimate of drug-likeness (QED) is 0.785. The third kappa shape index (κ3) is 2.25. The van der Waals surface area contributed by atoms with Crippen molar-refractivity contribution in [3.63, 3.8) is 0 Å². The lowest BCUT2D eigenvalue weighted by atomic mass is 10.2. The van der Waals surface area contributed by atoms with Crippen LogP contribution in [0.2, 0.25) is 0 Å². The van der Waals surface area contributed by atoms with Gasteiger partial charge in [-0.3, -0.25) is 0 Å². The summed E-state index contributed by atoms with van der Waals surface area (Å²) in [6.07, 6.45) is 1.40. The number of hydrogen-bond acceptors (Lipinski definition) is 6. The number of nitrogens with one attached hydrogen (secondary N) is 1. The normalized spacial score (nSPS) is 10.3. The Morgan fingerprint density at radius 1 is 1.50 bits per heavy atom. The fraction of sp³-hybridized carbons (Fsp3) is 0.182. The molecular weight excluding hydrogens is 252 g/mol. The number of nitrogens with zero attached hydrogens (tertiary/aromatic N) is 2. The van der Waals surface area contributed by atoms with E-state index in [9.17, 15) is 4.79 Å². The number of pyridine rings is 1. The van der Waals surface area contributed by atoms with Gasteiger partial charge in [0.1, 0.15) is 0 Å². The number of thiazole rings is 1. The third-order valence-corrected chi connectivity index (χ3v) is 3.46.